The Kier molecular flexibility index (Phi) is 6.14. The molecule has 2 aliphatic heterocycles. The topological polar surface area (TPSA) is 100 Å². The van der Waals surface area contributed by atoms with Crippen molar-refractivity contribution in [3.8, 4) is 11.5 Å². The number of rotatable bonds is 6. The number of anilines is 2. The molecule has 2 aromatic carbocycles. The molecule has 0 spiro atoms. The van der Waals surface area contributed by atoms with Crippen LogP contribution >= 0.6 is 0 Å². The third-order valence-corrected chi connectivity index (χ3v) is 6.97. The first-order chi connectivity index (χ1) is 14.9. The van der Waals surface area contributed by atoms with Gasteiger partial charge in [0.1, 0.15) is 5.82 Å². The molecule has 0 atom stereocenters. The van der Waals surface area contributed by atoms with E-state index < -0.39 is 16.1 Å². The highest BCUT2D eigenvalue weighted by atomic mass is 32.2. The molecule has 11 heteroatoms. The number of amides is 2. The molecule has 0 bridgehead atoms. The second-order valence-corrected chi connectivity index (χ2v) is 9.22. The molecule has 0 radical (unpaired) electrons. The van der Waals surface area contributed by atoms with Crippen LogP contribution in [0.1, 0.15) is 0 Å². The minimum Gasteiger partial charge on any atom is -0.454 e. The van der Waals surface area contributed by atoms with E-state index in [0.717, 1.165) is 5.69 Å². The summed E-state index contributed by atoms with van der Waals surface area (Å²) >= 11 is 0. The van der Waals surface area contributed by atoms with Gasteiger partial charge < -0.3 is 25.0 Å². The molecule has 2 amide bonds. The van der Waals surface area contributed by atoms with Crippen LogP contribution in [-0.2, 0) is 10.0 Å². The van der Waals surface area contributed by atoms with Crippen molar-refractivity contribution in [2.75, 3.05) is 55.5 Å². The maximum absolute atomic E-state index is 13.1. The van der Waals surface area contributed by atoms with E-state index in [1.165, 1.54) is 16.4 Å². The van der Waals surface area contributed by atoms with Crippen LogP contribution in [0, 0.1) is 5.82 Å². The fourth-order valence-electron chi connectivity index (χ4n) is 3.45. The molecule has 166 valence electrons. The van der Waals surface area contributed by atoms with Crippen molar-refractivity contribution >= 4 is 27.4 Å². The highest BCUT2D eigenvalue weighted by Gasteiger charge is 2.27. The van der Waals surface area contributed by atoms with Gasteiger partial charge in [-0.15, -0.1) is 0 Å². The lowest BCUT2D eigenvalue weighted by molar-refractivity contribution is 0.174. The maximum atomic E-state index is 13.1. The molecule has 31 heavy (non-hydrogen) atoms. The fourth-order valence-corrected chi connectivity index (χ4v) is 4.79. The lowest BCUT2D eigenvalue weighted by atomic mass is 10.2. The number of hydrogen-bond donors (Lipinski definition) is 2. The summed E-state index contributed by atoms with van der Waals surface area (Å²) in [6, 6.07) is 10.6. The lowest BCUT2D eigenvalue weighted by Gasteiger charge is -2.35. The van der Waals surface area contributed by atoms with Crippen molar-refractivity contribution in [2.45, 2.75) is 0 Å². The number of sulfonamides is 1. The Morgan fingerprint density at radius 2 is 1.71 bits per heavy atom. The third-order valence-electron chi connectivity index (χ3n) is 5.10. The SMILES string of the molecule is O=C(NCCS(=O)(=O)N1CCN(c2ccc(F)cc2)CC1)Nc1ccc2c(c1)OCO2. The molecule has 2 N–H and O–H groups in total. The summed E-state index contributed by atoms with van der Waals surface area (Å²) in [6.45, 7) is 1.83. The van der Waals surface area contributed by atoms with E-state index in [9.17, 15) is 17.6 Å². The summed E-state index contributed by atoms with van der Waals surface area (Å²) in [5.41, 5.74) is 1.38. The number of nitrogens with zero attached hydrogens (tertiary/aromatic N) is 2. The van der Waals surface area contributed by atoms with Crippen LogP contribution in [0.5, 0.6) is 11.5 Å². The molecule has 0 unspecified atom stereocenters. The highest BCUT2D eigenvalue weighted by Crippen LogP contribution is 2.34. The van der Waals surface area contributed by atoms with Gasteiger partial charge in [0.2, 0.25) is 16.8 Å². The number of piperazine rings is 1. The average Bonchev–Trinajstić information content (AvgIpc) is 3.22. The first kappa shape index (κ1) is 21.2. The number of halogens is 1. The van der Waals surface area contributed by atoms with Crippen LogP contribution in [0.25, 0.3) is 0 Å². The minimum absolute atomic E-state index is 0.0170. The quantitative estimate of drug-likeness (QED) is 0.697. The maximum Gasteiger partial charge on any atom is 0.319 e. The minimum atomic E-state index is -3.50. The summed E-state index contributed by atoms with van der Waals surface area (Å²) < 4.78 is 50.2. The largest absolute Gasteiger partial charge is 0.454 e. The van der Waals surface area contributed by atoms with Gasteiger partial charge in [-0.05, 0) is 36.4 Å². The Balaban J connectivity index is 1.22. The van der Waals surface area contributed by atoms with Gasteiger partial charge in [-0.3, -0.25) is 0 Å². The summed E-state index contributed by atoms with van der Waals surface area (Å²) in [5.74, 6) is 0.648. The van der Waals surface area contributed by atoms with Crippen LogP contribution in [0.15, 0.2) is 42.5 Å². The van der Waals surface area contributed by atoms with E-state index in [4.69, 9.17) is 9.47 Å². The number of fused-ring (bicyclic) bond motifs is 1. The van der Waals surface area contributed by atoms with Crippen LogP contribution < -0.4 is 25.0 Å². The van der Waals surface area contributed by atoms with Gasteiger partial charge in [0.05, 0.1) is 5.75 Å². The summed E-state index contributed by atoms with van der Waals surface area (Å²) in [6.07, 6.45) is 0. The second kappa shape index (κ2) is 8.98. The zero-order valence-electron chi connectivity index (χ0n) is 16.7. The van der Waals surface area contributed by atoms with Gasteiger partial charge in [-0.1, -0.05) is 0 Å². The Morgan fingerprint density at radius 3 is 2.45 bits per heavy atom. The summed E-state index contributed by atoms with van der Waals surface area (Å²) in [5, 5.41) is 5.20. The number of nitrogens with one attached hydrogen (secondary N) is 2. The predicted molar refractivity (Wildman–Crippen MR) is 114 cm³/mol. The third kappa shape index (κ3) is 5.17. The fraction of sp³-hybridized carbons (Fsp3) is 0.350. The number of carbonyl (C=O) groups is 1. The molecule has 0 aliphatic carbocycles. The van der Waals surface area contributed by atoms with Gasteiger partial charge in [-0.2, -0.15) is 4.31 Å². The molecule has 2 heterocycles. The normalized spacial score (nSPS) is 16.2. The number of carbonyl (C=O) groups excluding carboxylic acids is 1. The van der Waals surface area contributed by atoms with Crippen LogP contribution in [0.3, 0.4) is 0 Å². The molecule has 1 fully saturated rings. The Bertz CT molecular complexity index is 1040. The zero-order valence-corrected chi connectivity index (χ0v) is 17.5. The van der Waals surface area contributed by atoms with Crippen molar-refractivity contribution in [3.05, 3.63) is 48.3 Å². The lowest BCUT2D eigenvalue weighted by Crippen LogP contribution is -2.50. The first-order valence-electron chi connectivity index (χ1n) is 9.83. The van der Waals surface area contributed by atoms with E-state index in [0.29, 0.717) is 43.4 Å². The first-order valence-corrected chi connectivity index (χ1v) is 11.4. The second-order valence-electron chi connectivity index (χ2n) is 7.13. The van der Waals surface area contributed by atoms with Crippen molar-refractivity contribution in [1.82, 2.24) is 9.62 Å². The monoisotopic (exact) mass is 450 g/mol. The number of ether oxygens (including phenoxy) is 2. The molecule has 2 aromatic rings. The van der Waals surface area contributed by atoms with Crippen LogP contribution in [0.4, 0.5) is 20.6 Å². The number of benzene rings is 2. The smallest absolute Gasteiger partial charge is 0.319 e. The van der Waals surface area contributed by atoms with Gasteiger partial charge in [0.15, 0.2) is 11.5 Å². The Morgan fingerprint density at radius 1 is 1.00 bits per heavy atom. The molecule has 1 saturated heterocycles. The zero-order chi connectivity index (χ0) is 21.8. The van der Waals surface area contributed by atoms with E-state index in [-0.39, 0.29) is 24.9 Å². The molecular formula is C20H23FN4O5S. The van der Waals surface area contributed by atoms with Gasteiger partial charge in [0, 0.05) is 50.2 Å². The van der Waals surface area contributed by atoms with Crippen molar-refractivity contribution < 1.29 is 27.1 Å². The van der Waals surface area contributed by atoms with Crippen molar-refractivity contribution in [3.63, 3.8) is 0 Å². The van der Waals surface area contributed by atoms with Gasteiger partial charge >= 0.3 is 6.03 Å². The molecular weight excluding hydrogens is 427 g/mol. The molecule has 9 nitrogen and oxygen atoms in total. The highest BCUT2D eigenvalue weighted by molar-refractivity contribution is 7.89. The van der Waals surface area contributed by atoms with E-state index in [2.05, 4.69) is 10.6 Å². The molecule has 0 aromatic heterocycles. The number of urea groups is 1. The van der Waals surface area contributed by atoms with Crippen LogP contribution in [-0.4, -0.2) is 64.0 Å². The van der Waals surface area contributed by atoms with Gasteiger partial charge in [0.25, 0.3) is 0 Å². The summed E-state index contributed by atoms with van der Waals surface area (Å²) in [4.78, 5) is 14.1. The number of hydrogen-bond acceptors (Lipinski definition) is 6. The van der Waals surface area contributed by atoms with Crippen molar-refractivity contribution in [1.29, 1.82) is 0 Å². The standard InChI is InChI=1S/C20H23FN4O5S/c21-15-1-4-17(5-2-15)24-8-10-25(11-9-24)31(27,28)12-7-22-20(26)23-16-3-6-18-19(13-16)30-14-29-18/h1-6,13H,7-12,14H2,(H2,22,23,26). The van der Waals surface area contributed by atoms with E-state index in [1.807, 2.05) is 4.90 Å². The molecule has 2 aliphatic rings. The average molecular weight is 450 g/mol. The van der Waals surface area contributed by atoms with Crippen LogP contribution in [0.2, 0.25) is 0 Å². The Labute approximate surface area is 179 Å². The Hall–Kier alpha value is -3.05. The predicted octanol–water partition coefficient (Wildman–Crippen LogP) is 1.83. The molecule has 4 rings (SSSR count). The molecule has 0 saturated carbocycles. The van der Waals surface area contributed by atoms with Crippen molar-refractivity contribution in [2.24, 2.45) is 0 Å². The van der Waals surface area contributed by atoms with Gasteiger partial charge in [-0.25, -0.2) is 17.6 Å². The van der Waals surface area contributed by atoms with E-state index >= 15 is 0 Å². The van der Waals surface area contributed by atoms with E-state index in [1.54, 1.807) is 30.3 Å². The summed E-state index contributed by atoms with van der Waals surface area (Å²) in [7, 11) is -3.50.